The molecule has 0 fully saturated rings. The summed E-state index contributed by atoms with van der Waals surface area (Å²) >= 11 is 0. The van der Waals surface area contributed by atoms with Crippen LogP contribution in [0.15, 0.2) is 18.2 Å². The van der Waals surface area contributed by atoms with E-state index in [1.807, 2.05) is 6.92 Å². The third-order valence-corrected chi connectivity index (χ3v) is 3.22. The highest BCUT2D eigenvalue weighted by Crippen LogP contribution is 2.33. The fourth-order valence-electron chi connectivity index (χ4n) is 2.14. The van der Waals surface area contributed by atoms with Crippen molar-refractivity contribution < 1.29 is 19.0 Å². The molecule has 2 atom stereocenters. The van der Waals surface area contributed by atoms with Crippen molar-refractivity contribution >= 4 is 5.78 Å². The third kappa shape index (κ3) is 2.48. The molecule has 1 heterocycles. The van der Waals surface area contributed by atoms with Crippen molar-refractivity contribution in [3.63, 3.8) is 0 Å². The number of carbonyl (C=O) groups is 1. The monoisotopic (exact) mass is 250 g/mol. The van der Waals surface area contributed by atoms with Crippen molar-refractivity contribution in [2.45, 2.75) is 19.4 Å². The van der Waals surface area contributed by atoms with Gasteiger partial charge in [-0.1, -0.05) is 6.92 Å². The van der Waals surface area contributed by atoms with Crippen LogP contribution in [0.25, 0.3) is 0 Å². The van der Waals surface area contributed by atoms with E-state index in [1.54, 1.807) is 32.4 Å². The van der Waals surface area contributed by atoms with E-state index in [4.69, 9.17) is 14.2 Å². The fourth-order valence-corrected chi connectivity index (χ4v) is 2.14. The number of fused-ring (bicyclic) bond motifs is 1. The van der Waals surface area contributed by atoms with Gasteiger partial charge in [0, 0.05) is 25.5 Å². The molecule has 4 heteroatoms. The number of Topliss-reactive ketones (excluding diaryl/α,β-unsaturated/α-hetero) is 1. The number of hydrogen-bond acceptors (Lipinski definition) is 4. The average molecular weight is 250 g/mol. The van der Waals surface area contributed by atoms with Gasteiger partial charge in [0.1, 0.15) is 17.6 Å². The van der Waals surface area contributed by atoms with E-state index in [2.05, 4.69) is 0 Å². The molecule has 4 nitrogen and oxygen atoms in total. The van der Waals surface area contributed by atoms with Crippen LogP contribution in [-0.2, 0) is 4.74 Å². The first kappa shape index (κ1) is 12.9. The second-order valence-electron chi connectivity index (χ2n) is 4.58. The maximum absolute atomic E-state index is 12.0. The predicted molar refractivity (Wildman–Crippen MR) is 67.4 cm³/mol. The minimum absolute atomic E-state index is 0.117. The molecule has 0 aliphatic carbocycles. The number of ketones is 1. The first-order valence-corrected chi connectivity index (χ1v) is 6.02. The zero-order valence-electron chi connectivity index (χ0n) is 10.9. The molecule has 18 heavy (non-hydrogen) atoms. The smallest absolute Gasteiger partial charge is 0.170 e. The lowest BCUT2D eigenvalue weighted by Gasteiger charge is -2.29. The van der Waals surface area contributed by atoms with Crippen LogP contribution >= 0.6 is 0 Å². The number of ether oxygens (including phenoxy) is 3. The van der Waals surface area contributed by atoms with Crippen LogP contribution in [0.5, 0.6) is 11.5 Å². The van der Waals surface area contributed by atoms with Gasteiger partial charge in [0.25, 0.3) is 0 Å². The predicted octanol–water partition coefficient (Wildman–Crippen LogP) is 2.31. The van der Waals surface area contributed by atoms with Crippen molar-refractivity contribution in [2.75, 3.05) is 20.8 Å². The normalized spacial score (nSPS) is 19.9. The van der Waals surface area contributed by atoms with Gasteiger partial charge in [-0.3, -0.25) is 4.79 Å². The molecule has 0 aromatic heterocycles. The van der Waals surface area contributed by atoms with Crippen molar-refractivity contribution in [2.24, 2.45) is 5.92 Å². The highest BCUT2D eigenvalue weighted by atomic mass is 16.5. The molecule has 0 saturated heterocycles. The largest absolute Gasteiger partial charge is 0.497 e. The number of methoxy groups -OCH3 is 2. The van der Waals surface area contributed by atoms with Crippen LogP contribution in [0.1, 0.15) is 23.7 Å². The Kier molecular flexibility index (Phi) is 3.87. The summed E-state index contributed by atoms with van der Waals surface area (Å²) < 4.78 is 16.1. The maximum atomic E-state index is 12.0. The summed E-state index contributed by atoms with van der Waals surface area (Å²) in [7, 11) is 3.25. The topological polar surface area (TPSA) is 44.8 Å². The molecule has 2 rings (SSSR count). The third-order valence-electron chi connectivity index (χ3n) is 3.22. The molecule has 0 saturated carbocycles. The summed E-state index contributed by atoms with van der Waals surface area (Å²) in [5.74, 6) is 1.60. The SMILES string of the molecule is COCC(C)C1CC(=O)c2ccc(OC)cc2O1. The Labute approximate surface area is 107 Å². The Bertz CT molecular complexity index is 441. The summed E-state index contributed by atoms with van der Waals surface area (Å²) in [5, 5.41) is 0. The zero-order valence-corrected chi connectivity index (χ0v) is 10.9. The summed E-state index contributed by atoms with van der Waals surface area (Å²) in [5.41, 5.74) is 0.636. The van der Waals surface area contributed by atoms with Gasteiger partial charge < -0.3 is 14.2 Å². The van der Waals surface area contributed by atoms with Gasteiger partial charge in [0.15, 0.2) is 5.78 Å². The van der Waals surface area contributed by atoms with E-state index in [1.165, 1.54) is 0 Å². The van der Waals surface area contributed by atoms with Gasteiger partial charge in [-0.25, -0.2) is 0 Å². The van der Waals surface area contributed by atoms with Gasteiger partial charge in [-0.05, 0) is 12.1 Å². The molecular weight excluding hydrogens is 232 g/mol. The lowest BCUT2D eigenvalue weighted by atomic mass is 9.94. The summed E-state index contributed by atoms with van der Waals surface area (Å²) in [6, 6.07) is 5.30. The van der Waals surface area contributed by atoms with E-state index in [9.17, 15) is 4.79 Å². The maximum Gasteiger partial charge on any atom is 0.170 e. The minimum atomic E-state index is -0.128. The molecule has 0 spiro atoms. The van der Waals surface area contributed by atoms with Crippen molar-refractivity contribution in [1.29, 1.82) is 0 Å². The van der Waals surface area contributed by atoms with Crippen LogP contribution in [0.3, 0.4) is 0 Å². The van der Waals surface area contributed by atoms with E-state index >= 15 is 0 Å². The minimum Gasteiger partial charge on any atom is -0.497 e. The van der Waals surface area contributed by atoms with Gasteiger partial charge >= 0.3 is 0 Å². The van der Waals surface area contributed by atoms with Crippen molar-refractivity contribution in [1.82, 2.24) is 0 Å². The molecular formula is C14H18O4. The molecule has 0 N–H and O–H groups in total. The molecule has 1 aromatic carbocycles. The van der Waals surface area contributed by atoms with E-state index in [0.29, 0.717) is 30.1 Å². The van der Waals surface area contributed by atoms with E-state index < -0.39 is 0 Å². The van der Waals surface area contributed by atoms with Crippen LogP contribution in [-0.4, -0.2) is 32.7 Å². The van der Waals surface area contributed by atoms with Gasteiger partial charge in [0.05, 0.1) is 19.3 Å². The van der Waals surface area contributed by atoms with Crippen molar-refractivity contribution in [3.05, 3.63) is 23.8 Å². The number of hydrogen-bond donors (Lipinski definition) is 0. The molecule has 1 aromatic rings. The first-order valence-electron chi connectivity index (χ1n) is 6.02. The summed E-state index contributed by atoms with van der Waals surface area (Å²) in [4.78, 5) is 12.0. The molecule has 1 aliphatic rings. The van der Waals surface area contributed by atoms with Gasteiger partial charge in [0.2, 0.25) is 0 Å². The molecule has 0 bridgehead atoms. The summed E-state index contributed by atoms with van der Waals surface area (Å²) in [6.07, 6.45) is 0.279. The van der Waals surface area contributed by atoms with Crippen LogP contribution in [0.4, 0.5) is 0 Å². The highest BCUT2D eigenvalue weighted by Gasteiger charge is 2.30. The Morgan fingerprint density at radius 3 is 2.89 bits per heavy atom. The second-order valence-corrected chi connectivity index (χ2v) is 4.58. The molecule has 0 amide bonds. The molecule has 0 radical (unpaired) electrons. The Hall–Kier alpha value is -1.55. The quantitative estimate of drug-likeness (QED) is 0.822. The standard InChI is InChI=1S/C14H18O4/c1-9(8-16-2)13-7-12(15)11-5-4-10(17-3)6-14(11)18-13/h4-6,9,13H,7-8H2,1-3H3. The molecule has 1 aliphatic heterocycles. The van der Waals surface area contributed by atoms with Crippen molar-refractivity contribution in [3.8, 4) is 11.5 Å². The highest BCUT2D eigenvalue weighted by molar-refractivity contribution is 6.00. The van der Waals surface area contributed by atoms with E-state index in [0.717, 1.165) is 0 Å². The lowest BCUT2D eigenvalue weighted by molar-refractivity contribution is 0.0523. The number of rotatable bonds is 4. The Morgan fingerprint density at radius 2 is 2.22 bits per heavy atom. The summed E-state index contributed by atoms with van der Waals surface area (Å²) in [6.45, 7) is 2.60. The van der Waals surface area contributed by atoms with Gasteiger partial charge in [-0.15, -0.1) is 0 Å². The molecule has 2 unspecified atom stereocenters. The van der Waals surface area contributed by atoms with Crippen LogP contribution in [0.2, 0.25) is 0 Å². The number of carbonyl (C=O) groups excluding carboxylic acids is 1. The average Bonchev–Trinajstić information content (AvgIpc) is 2.38. The fraction of sp³-hybridized carbons (Fsp3) is 0.500. The number of benzene rings is 1. The zero-order chi connectivity index (χ0) is 13.1. The van der Waals surface area contributed by atoms with Gasteiger partial charge in [-0.2, -0.15) is 0 Å². The Balaban J connectivity index is 2.23. The Morgan fingerprint density at radius 1 is 1.44 bits per heavy atom. The van der Waals surface area contributed by atoms with E-state index in [-0.39, 0.29) is 17.8 Å². The molecule has 98 valence electrons. The first-order chi connectivity index (χ1) is 8.65. The second kappa shape index (κ2) is 5.40. The lowest BCUT2D eigenvalue weighted by Crippen LogP contribution is -2.34. The van der Waals surface area contributed by atoms with Crippen LogP contribution in [0, 0.1) is 5.92 Å². The van der Waals surface area contributed by atoms with Crippen LogP contribution < -0.4 is 9.47 Å².